The predicted molar refractivity (Wildman–Crippen MR) is 79.5 cm³/mol. The number of nitrogens with zero attached hydrogens (tertiary/aromatic N) is 2. The van der Waals surface area contributed by atoms with Crippen molar-refractivity contribution >= 4 is 0 Å². The number of hydrogen-bond acceptors (Lipinski definition) is 4. The second-order valence-corrected chi connectivity index (χ2v) is 5.94. The molecule has 2 heterocycles. The Balaban J connectivity index is 1.79. The summed E-state index contributed by atoms with van der Waals surface area (Å²) in [6.45, 7) is 12.5. The van der Waals surface area contributed by atoms with Crippen LogP contribution in [0, 0.1) is 5.92 Å². The molecule has 0 aliphatic carbocycles. The van der Waals surface area contributed by atoms with Crippen LogP contribution in [0.1, 0.15) is 26.7 Å². The Morgan fingerprint density at radius 1 is 1.32 bits per heavy atom. The highest BCUT2D eigenvalue weighted by molar-refractivity contribution is 4.87. The molecule has 0 aromatic heterocycles. The summed E-state index contributed by atoms with van der Waals surface area (Å²) in [5.41, 5.74) is 0. The van der Waals surface area contributed by atoms with Crippen LogP contribution in [0.4, 0.5) is 0 Å². The minimum Gasteiger partial charge on any atom is -0.381 e. The van der Waals surface area contributed by atoms with E-state index in [1.54, 1.807) is 0 Å². The standard InChI is InChI=1S/C15H31N3O/c1-4-18(5-2)14-6-8-17(10-14)11-15(16-3)13-7-9-19-12-13/h13-16H,4-12H2,1-3H3. The lowest BCUT2D eigenvalue weighted by molar-refractivity contribution is 0.164. The second-order valence-electron chi connectivity index (χ2n) is 5.94. The molecule has 4 heteroatoms. The summed E-state index contributed by atoms with van der Waals surface area (Å²) in [6.07, 6.45) is 2.55. The fourth-order valence-electron chi connectivity index (χ4n) is 3.64. The highest BCUT2D eigenvalue weighted by Gasteiger charge is 2.31. The minimum absolute atomic E-state index is 0.595. The van der Waals surface area contributed by atoms with Gasteiger partial charge >= 0.3 is 0 Å². The van der Waals surface area contributed by atoms with Gasteiger partial charge in [-0.2, -0.15) is 0 Å². The van der Waals surface area contributed by atoms with Crippen molar-refractivity contribution in [2.24, 2.45) is 5.92 Å². The topological polar surface area (TPSA) is 27.7 Å². The largest absolute Gasteiger partial charge is 0.381 e. The van der Waals surface area contributed by atoms with Crippen molar-refractivity contribution in [2.45, 2.75) is 38.8 Å². The molecule has 0 amide bonds. The summed E-state index contributed by atoms with van der Waals surface area (Å²) in [6, 6.07) is 1.37. The van der Waals surface area contributed by atoms with E-state index in [4.69, 9.17) is 4.74 Å². The van der Waals surface area contributed by atoms with Crippen molar-refractivity contribution in [3.63, 3.8) is 0 Å². The highest BCUT2D eigenvalue weighted by Crippen LogP contribution is 2.20. The molecule has 0 radical (unpaired) electrons. The molecule has 0 aromatic rings. The van der Waals surface area contributed by atoms with E-state index < -0.39 is 0 Å². The zero-order chi connectivity index (χ0) is 13.7. The lowest BCUT2D eigenvalue weighted by atomic mass is 9.99. The SMILES string of the molecule is CCN(CC)C1CCN(CC(NC)C2CCOC2)C1. The van der Waals surface area contributed by atoms with Gasteiger partial charge in [-0.05, 0) is 39.5 Å². The van der Waals surface area contributed by atoms with Crippen molar-refractivity contribution < 1.29 is 4.74 Å². The first-order valence-corrected chi connectivity index (χ1v) is 7.99. The monoisotopic (exact) mass is 269 g/mol. The summed E-state index contributed by atoms with van der Waals surface area (Å²) in [5.74, 6) is 0.706. The molecule has 0 bridgehead atoms. The van der Waals surface area contributed by atoms with Crippen LogP contribution in [0.5, 0.6) is 0 Å². The maximum absolute atomic E-state index is 5.53. The minimum atomic E-state index is 0.595. The third kappa shape index (κ3) is 3.91. The van der Waals surface area contributed by atoms with Crippen LogP contribution < -0.4 is 5.32 Å². The van der Waals surface area contributed by atoms with Gasteiger partial charge in [0.25, 0.3) is 0 Å². The van der Waals surface area contributed by atoms with Crippen LogP contribution in [0.2, 0.25) is 0 Å². The summed E-state index contributed by atoms with van der Waals surface area (Å²) in [5, 5.41) is 3.51. The van der Waals surface area contributed by atoms with Crippen molar-refractivity contribution in [3.8, 4) is 0 Å². The van der Waals surface area contributed by atoms with Crippen LogP contribution in [0.15, 0.2) is 0 Å². The van der Waals surface area contributed by atoms with E-state index in [-0.39, 0.29) is 0 Å². The third-order valence-corrected chi connectivity index (χ3v) is 4.94. The summed E-state index contributed by atoms with van der Waals surface area (Å²) in [4.78, 5) is 5.25. The van der Waals surface area contributed by atoms with Crippen molar-refractivity contribution in [2.75, 3.05) is 53.0 Å². The van der Waals surface area contributed by atoms with Crippen LogP contribution in [-0.2, 0) is 4.74 Å². The lowest BCUT2D eigenvalue weighted by Gasteiger charge is -2.29. The zero-order valence-corrected chi connectivity index (χ0v) is 12.9. The molecular weight excluding hydrogens is 238 g/mol. The van der Waals surface area contributed by atoms with Crippen LogP contribution in [0.25, 0.3) is 0 Å². The van der Waals surface area contributed by atoms with Crippen molar-refractivity contribution in [1.82, 2.24) is 15.1 Å². The van der Waals surface area contributed by atoms with E-state index in [2.05, 4.69) is 36.0 Å². The summed E-state index contributed by atoms with van der Waals surface area (Å²) < 4.78 is 5.53. The van der Waals surface area contributed by atoms with Gasteiger partial charge in [0.2, 0.25) is 0 Å². The second kappa shape index (κ2) is 7.58. The van der Waals surface area contributed by atoms with Gasteiger partial charge in [-0.1, -0.05) is 13.8 Å². The molecule has 0 saturated carbocycles. The summed E-state index contributed by atoms with van der Waals surface area (Å²) >= 11 is 0. The molecule has 2 saturated heterocycles. The molecule has 19 heavy (non-hydrogen) atoms. The van der Waals surface area contributed by atoms with Gasteiger partial charge in [0, 0.05) is 37.7 Å². The smallest absolute Gasteiger partial charge is 0.0510 e. The molecule has 0 spiro atoms. The van der Waals surface area contributed by atoms with Crippen LogP contribution in [0.3, 0.4) is 0 Å². The number of rotatable bonds is 7. The van der Waals surface area contributed by atoms with Crippen LogP contribution >= 0.6 is 0 Å². The van der Waals surface area contributed by atoms with Crippen molar-refractivity contribution in [1.29, 1.82) is 0 Å². The van der Waals surface area contributed by atoms with Gasteiger partial charge in [0.05, 0.1) is 6.61 Å². The van der Waals surface area contributed by atoms with E-state index in [1.165, 1.54) is 45.6 Å². The predicted octanol–water partition coefficient (Wildman–Crippen LogP) is 1.03. The number of hydrogen-bond donors (Lipinski definition) is 1. The normalized spacial score (nSPS) is 30.3. The van der Waals surface area contributed by atoms with Gasteiger partial charge in [-0.25, -0.2) is 0 Å². The average molecular weight is 269 g/mol. The molecule has 3 unspecified atom stereocenters. The number of ether oxygens (including phenoxy) is 1. The molecule has 2 fully saturated rings. The Bertz CT molecular complexity index is 252. The molecule has 2 aliphatic rings. The molecule has 112 valence electrons. The lowest BCUT2D eigenvalue weighted by Crippen LogP contribution is -2.45. The number of nitrogens with one attached hydrogen (secondary N) is 1. The van der Waals surface area contributed by atoms with E-state index >= 15 is 0 Å². The van der Waals surface area contributed by atoms with E-state index in [9.17, 15) is 0 Å². The van der Waals surface area contributed by atoms with E-state index in [0.29, 0.717) is 12.0 Å². The molecule has 4 nitrogen and oxygen atoms in total. The van der Waals surface area contributed by atoms with E-state index in [0.717, 1.165) is 19.3 Å². The summed E-state index contributed by atoms with van der Waals surface area (Å²) in [7, 11) is 2.10. The highest BCUT2D eigenvalue weighted by atomic mass is 16.5. The van der Waals surface area contributed by atoms with Crippen LogP contribution in [-0.4, -0.2) is 74.9 Å². The molecule has 0 aromatic carbocycles. The average Bonchev–Trinajstić information content (AvgIpc) is 3.09. The Morgan fingerprint density at radius 3 is 2.68 bits per heavy atom. The first-order valence-electron chi connectivity index (χ1n) is 7.99. The molecule has 2 rings (SSSR count). The number of likely N-dealkylation sites (tertiary alicyclic amines) is 1. The van der Waals surface area contributed by atoms with E-state index in [1.807, 2.05) is 0 Å². The Labute approximate surface area is 118 Å². The maximum Gasteiger partial charge on any atom is 0.0510 e. The molecule has 2 aliphatic heterocycles. The molecule has 3 atom stereocenters. The zero-order valence-electron chi connectivity index (χ0n) is 12.9. The Morgan fingerprint density at radius 2 is 2.11 bits per heavy atom. The third-order valence-electron chi connectivity index (χ3n) is 4.94. The Hall–Kier alpha value is -0.160. The molecular formula is C15H31N3O. The van der Waals surface area contributed by atoms with Crippen molar-refractivity contribution in [3.05, 3.63) is 0 Å². The van der Waals surface area contributed by atoms with Gasteiger partial charge < -0.3 is 15.0 Å². The van der Waals surface area contributed by atoms with Gasteiger partial charge in [-0.15, -0.1) is 0 Å². The first kappa shape index (κ1) is 15.2. The fourth-order valence-corrected chi connectivity index (χ4v) is 3.64. The maximum atomic E-state index is 5.53. The van der Waals surface area contributed by atoms with Gasteiger partial charge in [0.15, 0.2) is 0 Å². The fraction of sp³-hybridized carbons (Fsp3) is 1.00. The number of likely N-dealkylation sites (N-methyl/N-ethyl adjacent to an activating group) is 2. The van der Waals surface area contributed by atoms with Gasteiger partial charge in [-0.3, -0.25) is 4.90 Å². The Kier molecular flexibility index (Phi) is 6.07. The molecule has 1 N–H and O–H groups in total. The van der Waals surface area contributed by atoms with Gasteiger partial charge in [0.1, 0.15) is 0 Å². The first-order chi connectivity index (χ1) is 9.28. The quantitative estimate of drug-likeness (QED) is 0.747.